The highest BCUT2D eigenvalue weighted by molar-refractivity contribution is 5.69. The van der Waals surface area contributed by atoms with Gasteiger partial charge in [0.15, 0.2) is 0 Å². The van der Waals surface area contributed by atoms with E-state index in [1.165, 1.54) is 41.5 Å². The van der Waals surface area contributed by atoms with Crippen LogP contribution < -0.4 is 0 Å². The summed E-state index contributed by atoms with van der Waals surface area (Å²) < 4.78 is 0. The lowest BCUT2D eigenvalue weighted by molar-refractivity contribution is 0.475. The van der Waals surface area contributed by atoms with Crippen molar-refractivity contribution in [2.24, 2.45) is 0 Å². The van der Waals surface area contributed by atoms with Crippen LogP contribution in [0.15, 0.2) is 36.4 Å². The molecular formula is C16H16O. The third-order valence-corrected chi connectivity index (χ3v) is 3.62. The second kappa shape index (κ2) is 3.92. The van der Waals surface area contributed by atoms with E-state index in [1.54, 1.807) is 6.07 Å². The Labute approximate surface area is 102 Å². The summed E-state index contributed by atoms with van der Waals surface area (Å²) in [4.78, 5) is 0. The Kier molecular flexibility index (Phi) is 2.40. The third-order valence-electron chi connectivity index (χ3n) is 3.62. The molecule has 1 nitrogen and oxygen atoms in total. The van der Waals surface area contributed by atoms with Gasteiger partial charge in [-0.3, -0.25) is 0 Å². The van der Waals surface area contributed by atoms with Crippen molar-refractivity contribution in [3.8, 4) is 16.9 Å². The zero-order valence-electron chi connectivity index (χ0n) is 10.0. The fourth-order valence-electron chi connectivity index (χ4n) is 2.71. The van der Waals surface area contributed by atoms with Crippen molar-refractivity contribution in [1.29, 1.82) is 0 Å². The molecule has 0 atom stereocenters. The van der Waals surface area contributed by atoms with Crippen LogP contribution in [0.4, 0.5) is 0 Å². The maximum absolute atomic E-state index is 9.44. The van der Waals surface area contributed by atoms with Gasteiger partial charge >= 0.3 is 0 Å². The van der Waals surface area contributed by atoms with E-state index in [4.69, 9.17) is 0 Å². The quantitative estimate of drug-likeness (QED) is 0.780. The van der Waals surface area contributed by atoms with Crippen molar-refractivity contribution in [2.75, 3.05) is 0 Å². The number of hydrogen-bond acceptors (Lipinski definition) is 1. The van der Waals surface area contributed by atoms with Gasteiger partial charge in [0.2, 0.25) is 0 Å². The molecule has 1 N–H and O–H groups in total. The van der Waals surface area contributed by atoms with Crippen LogP contribution in [0, 0.1) is 6.92 Å². The molecule has 0 saturated heterocycles. The van der Waals surface area contributed by atoms with Crippen LogP contribution >= 0.6 is 0 Å². The van der Waals surface area contributed by atoms with Crippen LogP contribution in [0.1, 0.15) is 23.1 Å². The molecule has 0 bridgehead atoms. The third kappa shape index (κ3) is 1.82. The Balaban J connectivity index is 2.09. The molecule has 0 saturated carbocycles. The maximum atomic E-state index is 9.44. The highest BCUT2D eigenvalue weighted by Gasteiger charge is 2.12. The SMILES string of the molecule is Cc1cc(O)ccc1-c1ccc2c(c1)CCC2. The van der Waals surface area contributed by atoms with Crippen LogP contribution in [0.5, 0.6) is 5.75 Å². The lowest BCUT2D eigenvalue weighted by atomic mass is 9.97. The predicted molar refractivity (Wildman–Crippen MR) is 70.3 cm³/mol. The average molecular weight is 224 g/mol. The number of phenolic OH excluding ortho intramolecular Hbond substituents is 1. The van der Waals surface area contributed by atoms with E-state index in [0.29, 0.717) is 5.75 Å². The molecule has 0 fully saturated rings. The molecule has 1 aliphatic carbocycles. The number of phenols is 1. The van der Waals surface area contributed by atoms with Crippen molar-refractivity contribution < 1.29 is 5.11 Å². The largest absolute Gasteiger partial charge is 0.508 e. The zero-order valence-corrected chi connectivity index (χ0v) is 10.0. The smallest absolute Gasteiger partial charge is 0.115 e. The van der Waals surface area contributed by atoms with Gasteiger partial charge in [-0.25, -0.2) is 0 Å². The molecule has 0 aliphatic heterocycles. The second-order valence-corrected chi connectivity index (χ2v) is 4.84. The lowest BCUT2D eigenvalue weighted by Gasteiger charge is -2.08. The van der Waals surface area contributed by atoms with E-state index in [1.807, 2.05) is 19.1 Å². The minimum atomic E-state index is 0.340. The summed E-state index contributed by atoms with van der Waals surface area (Å²) in [6.07, 6.45) is 3.72. The molecule has 1 heteroatoms. The van der Waals surface area contributed by atoms with Gasteiger partial charge in [0.25, 0.3) is 0 Å². The van der Waals surface area contributed by atoms with E-state index < -0.39 is 0 Å². The molecule has 86 valence electrons. The highest BCUT2D eigenvalue weighted by Crippen LogP contribution is 2.30. The summed E-state index contributed by atoms with van der Waals surface area (Å²) in [6.45, 7) is 2.04. The van der Waals surface area contributed by atoms with Gasteiger partial charge in [0, 0.05) is 0 Å². The van der Waals surface area contributed by atoms with Crippen molar-refractivity contribution in [2.45, 2.75) is 26.2 Å². The summed E-state index contributed by atoms with van der Waals surface area (Å²) in [5, 5.41) is 9.44. The standard InChI is InChI=1S/C16H16O/c1-11-9-15(17)7-8-16(11)14-6-5-12-3-2-4-13(12)10-14/h5-10,17H,2-4H2,1H3. The first-order valence-electron chi connectivity index (χ1n) is 6.16. The Hall–Kier alpha value is -1.76. The summed E-state index contributed by atoms with van der Waals surface area (Å²) in [6, 6.07) is 12.3. The molecule has 0 spiro atoms. The molecule has 3 rings (SSSR count). The lowest BCUT2D eigenvalue weighted by Crippen LogP contribution is -1.87. The highest BCUT2D eigenvalue weighted by atomic mass is 16.3. The topological polar surface area (TPSA) is 20.2 Å². The Morgan fingerprint density at radius 3 is 2.59 bits per heavy atom. The van der Waals surface area contributed by atoms with E-state index in [0.717, 1.165) is 5.56 Å². The maximum Gasteiger partial charge on any atom is 0.115 e. The number of aryl methyl sites for hydroxylation is 3. The minimum absolute atomic E-state index is 0.340. The van der Waals surface area contributed by atoms with Crippen molar-refractivity contribution in [3.05, 3.63) is 53.1 Å². The van der Waals surface area contributed by atoms with Crippen molar-refractivity contribution in [3.63, 3.8) is 0 Å². The van der Waals surface area contributed by atoms with Gasteiger partial charge in [0.05, 0.1) is 0 Å². The molecule has 0 unspecified atom stereocenters. The van der Waals surface area contributed by atoms with E-state index in [2.05, 4.69) is 18.2 Å². The molecular weight excluding hydrogens is 208 g/mol. The van der Waals surface area contributed by atoms with Gasteiger partial charge in [-0.05, 0) is 66.1 Å². The van der Waals surface area contributed by atoms with Crippen LogP contribution in [0.2, 0.25) is 0 Å². The van der Waals surface area contributed by atoms with Crippen molar-refractivity contribution >= 4 is 0 Å². The Morgan fingerprint density at radius 2 is 1.76 bits per heavy atom. The first kappa shape index (κ1) is 10.4. The van der Waals surface area contributed by atoms with Gasteiger partial charge in [-0.2, -0.15) is 0 Å². The van der Waals surface area contributed by atoms with Crippen LogP contribution in [0.3, 0.4) is 0 Å². The van der Waals surface area contributed by atoms with Crippen molar-refractivity contribution in [1.82, 2.24) is 0 Å². The summed E-state index contributed by atoms with van der Waals surface area (Å²) in [5.41, 5.74) is 6.61. The monoisotopic (exact) mass is 224 g/mol. The van der Waals surface area contributed by atoms with Crippen LogP contribution in [0.25, 0.3) is 11.1 Å². The van der Waals surface area contributed by atoms with Gasteiger partial charge in [-0.15, -0.1) is 0 Å². The van der Waals surface area contributed by atoms with E-state index >= 15 is 0 Å². The van der Waals surface area contributed by atoms with Gasteiger partial charge < -0.3 is 5.11 Å². The fraction of sp³-hybridized carbons (Fsp3) is 0.250. The predicted octanol–water partition coefficient (Wildman–Crippen LogP) is 3.86. The second-order valence-electron chi connectivity index (χ2n) is 4.84. The van der Waals surface area contributed by atoms with E-state index in [-0.39, 0.29) is 0 Å². The molecule has 2 aromatic rings. The summed E-state index contributed by atoms with van der Waals surface area (Å²) in [5.74, 6) is 0.340. The molecule has 17 heavy (non-hydrogen) atoms. The molecule has 2 aromatic carbocycles. The molecule has 0 heterocycles. The first-order chi connectivity index (χ1) is 8.24. The zero-order chi connectivity index (χ0) is 11.8. The fourth-order valence-corrected chi connectivity index (χ4v) is 2.71. The van der Waals surface area contributed by atoms with Crippen LogP contribution in [-0.2, 0) is 12.8 Å². The van der Waals surface area contributed by atoms with Crippen LogP contribution in [-0.4, -0.2) is 5.11 Å². The van der Waals surface area contributed by atoms with E-state index in [9.17, 15) is 5.11 Å². The van der Waals surface area contributed by atoms with Gasteiger partial charge in [-0.1, -0.05) is 24.3 Å². The molecule has 1 aliphatic rings. The first-order valence-corrected chi connectivity index (χ1v) is 6.16. The normalized spacial score (nSPS) is 13.7. The Bertz CT molecular complexity index is 570. The summed E-state index contributed by atoms with van der Waals surface area (Å²) in [7, 11) is 0. The number of aromatic hydroxyl groups is 1. The molecule has 0 amide bonds. The number of hydrogen-bond donors (Lipinski definition) is 1. The average Bonchev–Trinajstić information content (AvgIpc) is 2.75. The number of rotatable bonds is 1. The molecule has 0 aromatic heterocycles. The molecule has 0 radical (unpaired) electrons. The number of benzene rings is 2. The van der Waals surface area contributed by atoms with Gasteiger partial charge in [0.1, 0.15) is 5.75 Å². The number of fused-ring (bicyclic) bond motifs is 1. The minimum Gasteiger partial charge on any atom is -0.508 e. The summed E-state index contributed by atoms with van der Waals surface area (Å²) >= 11 is 0. The Morgan fingerprint density at radius 1 is 0.941 bits per heavy atom.